The number of rotatable bonds is 44. The number of aliphatic hydroxyl groups excluding tert-OH is 2. The highest BCUT2D eigenvalue weighted by Gasteiger charge is 2.17. The summed E-state index contributed by atoms with van der Waals surface area (Å²) < 4.78 is 0. The number of unbranched alkanes of at least 4 members (excludes halogenated alkanes) is 33. The lowest BCUT2D eigenvalue weighted by Gasteiger charge is -2.19. The van der Waals surface area contributed by atoms with Gasteiger partial charge in [-0.2, -0.15) is 0 Å². The summed E-state index contributed by atoms with van der Waals surface area (Å²) in [5.74, 6) is -0.0716. The SMILES string of the molecule is CCCCCCCCCC/C=C\CCCCCCCCCCCCCCCCCC(=O)NC(CO)C(O)/C=C/CC/C=C/CCCCCCCCCCC. The Morgan fingerprint density at radius 3 is 1.07 bits per heavy atom. The van der Waals surface area contributed by atoms with Crippen LogP contribution >= 0.6 is 0 Å². The number of hydrogen-bond donors (Lipinski definition) is 3. The Bertz CT molecular complexity index is 821. The van der Waals surface area contributed by atoms with Crippen LogP contribution in [0.3, 0.4) is 0 Å². The zero-order valence-electron chi connectivity index (χ0n) is 36.5. The summed E-state index contributed by atoms with van der Waals surface area (Å²) in [5, 5.41) is 23.0. The van der Waals surface area contributed by atoms with Crippen molar-refractivity contribution >= 4 is 5.91 Å². The van der Waals surface area contributed by atoms with Gasteiger partial charge in [0.2, 0.25) is 5.91 Å². The molecule has 4 heteroatoms. The average Bonchev–Trinajstić information content (AvgIpc) is 3.18. The first-order valence-electron chi connectivity index (χ1n) is 24.2. The molecule has 1 amide bonds. The molecule has 0 aliphatic rings. The molecule has 0 aromatic carbocycles. The Morgan fingerprint density at radius 2 is 0.722 bits per heavy atom. The van der Waals surface area contributed by atoms with E-state index in [9.17, 15) is 15.0 Å². The second-order valence-corrected chi connectivity index (χ2v) is 16.5. The Labute approximate surface area is 338 Å². The van der Waals surface area contributed by atoms with Gasteiger partial charge in [-0.15, -0.1) is 0 Å². The summed E-state index contributed by atoms with van der Waals surface area (Å²) in [7, 11) is 0. The van der Waals surface area contributed by atoms with Crippen molar-refractivity contribution in [3.05, 3.63) is 36.5 Å². The van der Waals surface area contributed by atoms with Gasteiger partial charge < -0.3 is 15.5 Å². The zero-order chi connectivity index (χ0) is 39.3. The lowest BCUT2D eigenvalue weighted by Crippen LogP contribution is -2.45. The predicted molar refractivity (Wildman–Crippen MR) is 239 cm³/mol. The number of nitrogens with one attached hydrogen (secondary N) is 1. The molecule has 0 heterocycles. The van der Waals surface area contributed by atoms with E-state index < -0.39 is 12.1 Å². The number of hydrogen-bond acceptors (Lipinski definition) is 3. The lowest BCUT2D eigenvalue weighted by atomic mass is 10.0. The summed E-state index contributed by atoms with van der Waals surface area (Å²) >= 11 is 0. The topological polar surface area (TPSA) is 69.6 Å². The Morgan fingerprint density at radius 1 is 0.426 bits per heavy atom. The van der Waals surface area contributed by atoms with Gasteiger partial charge in [0.05, 0.1) is 18.8 Å². The number of amides is 1. The van der Waals surface area contributed by atoms with E-state index in [1.807, 2.05) is 6.08 Å². The largest absolute Gasteiger partial charge is 0.394 e. The molecule has 318 valence electrons. The monoisotopic (exact) mass is 758 g/mol. The third kappa shape index (κ3) is 41.8. The molecule has 0 fully saturated rings. The second kappa shape index (κ2) is 46.0. The van der Waals surface area contributed by atoms with E-state index in [-0.39, 0.29) is 12.5 Å². The maximum Gasteiger partial charge on any atom is 0.220 e. The third-order valence-electron chi connectivity index (χ3n) is 11.1. The number of carbonyl (C=O) groups excluding carboxylic acids is 1. The average molecular weight is 758 g/mol. The Kier molecular flexibility index (Phi) is 44.8. The van der Waals surface area contributed by atoms with E-state index in [1.54, 1.807) is 6.08 Å². The first kappa shape index (κ1) is 52.6. The van der Waals surface area contributed by atoms with Crippen molar-refractivity contribution in [2.24, 2.45) is 0 Å². The summed E-state index contributed by atoms with van der Waals surface area (Å²) in [6.45, 7) is 4.30. The molecule has 0 aromatic heterocycles. The van der Waals surface area contributed by atoms with Crippen molar-refractivity contribution in [2.75, 3.05) is 6.61 Å². The van der Waals surface area contributed by atoms with Crippen LogP contribution in [0.5, 0.6) is 0 Å². The Hall–Kier alpha value is -1.39. The zero-order valence-corrected chi connectivity index (χ0v) is 36.5. The first-order valence-corrected chi connectivity index (χ1v) is 24.2. The van der Waals surface area contributed by atoms with E-state index in [0.29, 0.717) is 6.42 Å². The smallest absolute Gasteiger partial charge is 0.220 e. The van der Waals surface area contributed by atoms with E-state index in [4.69, 9.17) is 0 Å². The fraction of sp³-hybridized carbons (Fsp3) is 0.860. The predicted octanol–water partition coefficient (Wildman–Crippen LogP) is 15.4. The van der Waals surface area contributed by atoms with Gasteiger partial charge in [-0.25, -0.2) is 0 Å². The van der Waals surface area contributed by atoms with Gasteiger partial charge in [-0.1, -0.05) is 230 Å². The fourth-order valence-corrected chi connectivity index (χ4v) is 7.37. The minimum Gasteiger partial charge on any atom is -0.394 e. The molecule has 0 rings (SSSR count). The summed E-state index contributed by atoms with van der Waals surface area (Å²) in [6, 6.07) is -0.637. The lowest BCUT2D eigenvalue weighted by molar-refractivity contribution is -0.123. The molecule has 0 saturated carbocycles. The molecule has 0 aliphatic heterocycles. The van der Waals surface area contributed by atoms with E-state index in [2.05, 4.69) is 43.5 Å². The first-order chi connectivity index (χ1) is 26.7. The van der Waals surface area contributed by atoms with Crippen molar-refractivity contribution in [1.82, 2.24) is 5.32 Å². The van der Waals surface area contributed by atoms with E-state index in [1.165, 1.54) is 205 Å². The standard InChI is InChI=1S/C50H95NO3/c1-3-5-7-9-11-13-15-17-19-20-21-22-23-24-25-26-27-28-29-30-32-34-36-38-40-42-44-46-50(54)51-48(47-52)49(53)45-43-41-39-37-35-33-31-18-16-14-12-10-8-6-4-2/h20-21,35,37,43,45,48-49,52-53H,3-19,22-34,36,38-42,44,46-47H2,1-2H3,(H,51,54)/b21-20-,37-35+,45-43+. The summed E-state index contributed by atoms with van der Waals surface area (Å²) in [4.78, 5) is 12.4. The molecular formula is C50H95NO3. The second-order valence-electron chi connectivity index (χ2n) is 16.5. The van der Waals surface area contributed by atoms with Crippen LogP contribution < -0.4 is 5.32 Å². The van der Waals surface area contributed by atoms with Crippen molar-refractivity contribution in [1.29, 1.82) is 0 Å². The van der Waals surface area contributed by atoms with Gasteiger partial charge in [0.1, 0.15) is 0 Å². The van der Waals surface area contributed by atoms with Crippen molar-refractivity contribution in [3.8, 4) is 0 Å². The number of allylic oxidation sites excluding steroid dienone is 5. The summed E-state index contributed by atoms with van der Waals surface area (Å²) in [6.07, 6.45) is 61.3. The molecular weight excluding hydrogens is 663 g/mol. The molecule has 2 unspecified atom stereocenters. The molecule has 0 aromatic rings. The number of aliphatic hydroxyl groups is 2. The minimum absolute atomic E-state index is 0.0716. The minimum atomic E-state index is -0.860. The van der Waals surface area contributed by atoms with Gasteiger partial charge in [-0.3, -0.25) is 4.79 Å². The maximum absolute atomic E-state index is 12.4. The quantitative estimate of drug-likeness (QED) is 0.0428. The van der Waals surface area contributed by atoms with Crippen LogP contribution in [0.4, 0.5) is 0 Å². The molecule has 3 N–H and O–H groups in total. The van der Waals surface area contributed by atoms with Crippen LogP contribution in [0.1, 0.15) is 258 Å². The van der Waals surface area contributed by atoms with E-state index >= 15 is 0 Å². The molecule has 0 spiro atoms. The van der Waals surface area contributed by atoms with Crippen LogP contribution in [0.15, 0.2) is 36.5 Å². The molecule has 0 saturated heterocycles. The molecule has 2 atom stereocenters. The van der Waals surface area contributed by atoms with Gasteiger partial charge >= 0.3 is 0 Å². The maximum atomic E-state index is 12.4. The molecule has 0 radical (unpaired) electrons. The van der Waals surface area contributed by atoms with E-state index in [0.717, 1.165) is 32.1 Å². The van der Waals surface area contributed by atoms with Crippen LogP contribution in [-0.4, -0.2) is 34.9 Å². The van der Waals surface area contributed by atoms with Crippen LogP contribution in [0.25, 0.3) is 0 Å². The molecule has 0 bridgehead atoms. The van der Waals surface area contributed by atoms with Crippen LogP contribution in [0, 0.1) is 0 Å². The van der Waals surface area contributed by atoms with Crippen LogP contribution in [-0.2, 0) is 4.79 Å². The summed E-state index contributed by atoms with van der Waals surface area (Å²) in [5.41, 5.74) is 0. The Balaban J connectivity index is 3.51. The molecule has 4 nitrogen and oxygen atoms in total. The molecule has 54 heavy (non-hydrogen) atoms. The van der Waals surface area contributed by atoms with Crippen molar-refractivity contribution in [3.63, 3.8) is 0 Å². The van der Waals surface area contributed by atoms with Crippen LogP contribution in [0.2, 0.25) is 0 Å². The molecule has 0 aliphatic carbocycles. The third-order valence-corrected chi connectivity index (χ3v) is 11.1. The fourth-order valence-electron chi connectivity index (χ4n) is 7.37. The number of carbonyl (C=O) groups is 1. The van der Waals surface area contributed by atoms with Gasteiger partial charge in [0.15, 0.2) is 0 Å². The van der Waals surface area contributed by atoms with Crippen molar-refractivity contribution < 1.29 is 15.0 Å². The van der Waals surface area contributed by atoms with Gasteiger partial charge in [0.25, 0.3) is 0 Å². The highest BCUT2D eigenvalue weighted by atomic mass is 16.3. The van der Waals surface area contributed by atoms with Crippen molar-refractivity contribution in [2.45, 2.75) is 270 Å². The highest BCUT2D eigenvalue weighted by molar-refractivity contribution is 5.76. The normalized spacial score (nSPS) is 13.2. The highest BCUT2D eigenvalue weighted by Crippen LogP contribution is 2.15. The van der Waals surface area contributed by atoms with Gasteiger partial charge in [0, 0.05) is 6.42 Å². The van der Waals surface area contributed by atoms with Gasteiger partial charge in [-0.05, 0) is 57.8 Å².